The van der Waals surface area contributed by atoms with Gasteiger partial charge in [0, 0.05) is 22.5 Å². The molecule has 0 atom stereocenters. The number of hydrogen-bond acceptors (Lipinski definition) is 4. The van der Waals surface area contributed by atoms with Gasteiger partial charge in [0.15, 0.2) is 5.16 Å². The van der Waals surface area contributed by atoms with Crippen molar-refractivity contribution < 1.29 is 4.79 Å². The minimum absolute atomic E-state index is 0.151. The topological polar surface area (TPSA) is 74.8 Å². The third kappa shape index (κ3) is 4.61. The van der Waals surface area contributed by atoms with E-state index in [1.165, 1.54) is 17.8 Å². The number of nitrogens with zero attached hydrogens (tertiary/aromatic N) is 1. The Labute approximate surface area is 131 Å². The second-order valence-corrected chi connectivity index (χ2v) is 5.86. The molecule has 0 bridgehead atoms. The molecule has 0 spiro atoms. The number of aromatic amines is 1. The van der Waals surface area contributed by atoms with Crippen LogP contribution in [0.2, 0.25) is 5.02 Å². The van der Waals surface area contributed by atoms with Crippen molar-refractivity contribution in [2.45, 2.75) is 19.0 Å². The number of aromatic nitrogens is 2. The summed E-state index contributed by atoms with van der Waals surface area (Å²) in [6.45, 7) is 3.62. The number of rotatable bonds is 4. The standard InChI is InChI=1S/C14H14ClN3O2S/c1-8-3-4-10(6-11(8)15)17-13(20)7-21-14-16-9(2)5-12(19)18-14/h3-6H,7H2,1-2H3,(H,17,20)(H,16,18,19). The van der Waals surface area contributed by atoms with E-state index in [1.807, 2.05) is 13.0 Å². The van der Waals surface area contributed by atoms with Gasteiger partial charge in [0.25, 0.3) is 5.56 Å². The van der Waals surface area contributed by atoms with E-state index in [9.17, 15) is 9.59 Å². The Morgan fingerprint density at radius 3 is 2.81 bits per heavy atom. The smallest absolute Gasteiger partial charge is 0.251 e. The molecule has 2 aromatic rings. The molecule has 1 heterocycles. The third-order valence-electron chi connectivity index (χ3n) is 2.64. The Bertz CT molecular complexity index is 730. The number of nitrogens with one attached hydrogen (secondary N) is 2. The van der Waals surface area contributed by atoms with Crippen molar-refractivity contribution in [2.24, 2.45) is 0 Å². The molecule has 1 aromatic heterocycles. The number of carbonyl (C=O) groups excluding carboxylic acids is 1. The highest BCUT2D eigenvalue weighted by Crippen LogP contribution is 2.20. The van der Waals surface area contributed by atoms with Gasteiger partial charge < -0.3 is 10.3 Å². The number of carbonyl (C=O) groups is 1. The van der Waals surface area contributed by atoms with Crippen LogP contribution in [0.3, 0.4) is 0 Å². The molecule has 1 amide bonds. The summed E-state index contributed by atoms with van der Waals surface area (Å²) in [4.78, 5) is 29.9. The Morgan fingerprint density at radius 1 is 1.38 bits per heavy atom. The third-order valence-corrected chi connectivity index (χ3v) is 3.92. The molecule has 21 heavy (non-hydrogen) atoms. The maximum atomic E-state index is 11.9. The highest BCUT2D eigenvalue weighted by molar-refractivity contribution is 7.99. The predicted octanol–water partition coefficient (Wildman–Crippen LogP) is 2.77. The van der Waals surface area contributed by atoms with Gasteiger partial charge in [-0.05, 0) is 31.5 Å². The molecule has 0 aliphatic carbocycles. The second-order valence-electron chi connectivity index (χ2n) is 4.49. The van der Waals surface area contributed by atoms with Gasteiger partial charge in [0.05, 0.1) is 5.75 Å². The summed E-state index contributed by atoms with van der Waals surface area (Å²) in [5.41, 5.74) is 1.98. The lowest BCUT2D eigenvalue weighted by Gasteiger charge is -2.06. The fourth-order valence-corrected chi connectivity index (χ4v) is 2.52. The highest BCUT2D eigenvalue weighted by Gasteiger charge is 2.07. The molecule has 5 nitrogen and oxygen atoms in total. The number of hydrogen-bond donors (Lipinski definition) is 2. The molecule has 7 heteroatoms. The molecule has 2 rings (SSSR count). The van der Waals surface area contributed by atoms with Crippen LogP contribution >= 0.6 is 23.4 Å². The summed E-state index contributed by atoms with van der Waals surface area (Å²) >= 11 is 7.17. The molecule has 0 aliphatic rings. The van der Waals surface area contributed by atoms with Gasteiger partial charge >= 0.3 is 0 Å². The second kappa shape index (κ2) is 6.78. The van der Waals surface area contributed by atoms with Crippen LogP contribution in [0.25, 0.3) is 0 Å². The number of thioether (sulfide) groups is 1. The van der Waals surface area contributed by atoms with E-state index in [2.05, 4.69) is 15.3 Å². The zero-order valence-corrected chi connectivity index (χ0v) is 13.1. The molecule has 0 saturated heterocycles. The predicted molar refractivity (Wildman–Crippen MR) is 85.1 cm³/mol. The molecule has 0 unspecified atom stereocenters. The Hall–Kier alpha value is -1.79. The Kier molecular flexibility index (Phi) is 5.03. The monoisotopic (exact) mass is 323 g/mol. The molecule has 110 valence electrons. The SMILES string of the molecule is Cc1cc(=O)[nH]c(SCC(=O)Nc2ccc(C)c(Cl)c2)n1. The molecule has 0 aliphatic heterocycles. The molecule has 2 N–H and O–H groups in total. The average Bonchev–Trinajstić information content (AvgIpc) is 2.40. The van der Waals surface area contributed by atoms with Crippen molar-refractivity contribution in [1.29, 1.82) is 0 Å². The molecule has 0 radical (unpaired) electrons. The molecule has 1 aromatic carbocycles. The van der Waals surface area contributed by atoms with Crippen LogP contribution in [0.4, 0.5) is 5.69 Å². The Balaban J connectivity index is 1.95. The van der Waals surface area contributed by atoms with Crippen LogP contribution in [0.1, 0.15) is 11.3 Å². The summed E-state index contributed by atoms with van der Waals surface area (Å²) in [5, 5.41) is 3.78. The van der Waals surface area contributed by atoms with Crippen LogP contribution in [0.5, 0.6) is 0 Å². The number of anilines is 1. The van der Waals surface area contributed by atoms with E-state index in [-0.39, 0.29) is 17.2 Å². The normalized spacial score (nSPS) is 10.4. The molecular formula is C14H14ClN3O2S. The van der Waals surface area contributed by atoms with Crippen molar-refractivity contribution in [1.82, 2.24) is 9.97 Å². The summed E-state index contributed by atoms with van der Waals surface area (Å²) in [7, 11) is 0. The maximum absolute atomic E-state index is 11.9. The minimum atomic E-state index is -0.226. The van der Waals surface area contributed by atoms with Gasteiger partial charge in [-0.3, -0.25) is 9.59 Å². The fourth-order valence-electron chi connectivity index (χ4n) is 1.62. The van der Waals surface area contributed by atoms with Gasteiger partial charge in [-0.1, -0.05) is 29.4 Å². The van der Waals surface area contributed by atoms with Crippen LogP contribution in [0.15, 0.2) is 34.2 Å². The number of benzene rings is 1. The van der Waals surface area contributed by atoms with E-state index in [4.69, 9.17) is 11.6 Å². The fraction of sp³-hybridized carbons (Fsp3) is 0.214. The van der Waals surface area contributed by atoms with Crippen LogP contribution in [0, 0.1) is 13.8 Å². The average molecular weight is 324 g/mol. The van der Waals surface area contributed by atoms with Crippen LogP contribution in [-0.2, 0) is 4.79 Å². The lowest BCUT2D eigenvalue weighted by Crippen LogP contribution is -2.15. The molecular weight excluding hydrogens is 310 g/mol. The van der Waals surface area contributed by atoms with E-state index in [0.29, 0.717) is 21.6 Å². The van der Waals surface area contributed by atoms with Gasteiger partial charge in [-0.2, -0.15) is 0 Å². The zero-order chi connectivity index (χ0) is 15.4. The first-order chi connectivity index (χ1) is 9.94. The summed E-state index contributed by atoms with van der Waals surface area (Å²) in [6.07, 6.45) is 0. The minimum Gasteiger partial charge on any atom is -0.325 e. The van der Waals surface area contributed by atoms with Crippen molar-refractivity contribution in [2.75, 3.05) is 11.1 Å². The number of halogens is 1. The first kappa shape index (κ1) is 15.6. The van der Waals surface area contributed by atoms with Crippen molar-refractivity contribution in [3.05, 3.63) is 50.9 Å². The molecule has 0 fully saturated rings. The maximum Gasteiger partial charge on any atom is 0.251 e. The lowest BCUT2D eigenvalue weighted by molar-refractivity contribution is -0.113. The van der Waals surface area contributed by atoms with Crippen molar-refractivity contribution in [3.63, 3.8) is 0 Å². The van der Waals surface area contributed by atoms with E-state index >= 15 is 0 Å². The molecule has 0 saturated carbocycles. The van der Waals surface area contributed by atoms with Gasteiger partial charge in [-0.15, -0.1) is 0 Å². The number of aryl methyl sites for hydroxylation is 2. The van der Waals surface area contributed by atoms with E-state index in [1.54, 1.807) is 19.1 Å². The zero-order valence-electron chi connectivity index (χ0n) is 11.6. The summed E-state index contributed by atoms with van der Waals surface area (Å²) in [6, 6.07) is 6.73. The quantitative estimate of drug-likeness (QED) is 0.670. The van der Waals surface area contributed by atoms with E-state index < -0.39 is 0 Å². The van der Waals surface area contributed by atoms with Crippen LogP contribution in [-0.4, -0.2) is 21.6 Å². The van der Waals surface area contributed by atoms with Gasteiger partial charge in [0.2, 0.25) is 5.91 Å². The van der Waals surface area contributed by atoms with Crippen molar-refractivity contribution >= 4 is 35.0 Å². The number of amides is 1. The highest BCUT2D eigenvalue weighted by atomic mass is 35.5. The van der Waals surface area contributed by atoms with E-state index in [0.717, 1.165) is 5.56 Å². The summed E-state index contributed by atoms with van der Waals surface area (Å²) < 4.78 is 0. The Morgan fingerprint density at radius 2 is 2.14 bits per heavy atom. The summed E-state index contributed by atoms with van der Waals surface area (Å²) in [5.74, 6) is -0.0400. The first-order valence-corrected chi connectivity index (χ1v) is 7.57. The van der Waals surface area contributed by atoms with Crippen molar-refractivity contribution in [3.8, 4) is 0 Å². The lowest BCUT2D eigenvalue weighted by atomic mass is 10.2. The van der Waals surface area contributed by atoms with Gasteiger partial charge in [0.1, 0.15) is 0 Å². The number of H-pyrrole nitrogens is 1. The first-order valence-electron chi connectivity index (χ1n) is 6.21. The van der Waals surface area contributed by atoms with Gasteiger partial charge in [-0.25, -0.2) is 4.98 Å². The van der Waals surface area contributed by atoms with Crippen LogP contribution < -0.4 is 10.9 Å². The largest absolute Gasteiger partial charge is 0.325 e.